The summed E-state index contributed by atoms with van der Waals surface area (Å²) in [5.41, 5.74) is 0. The van der Waals surface area contributed by atoms with Crippen molar-refractivity contribution in [3.63, 3.8) is 0 Å². The van der Waals surface area contributed by atoms with Crippen LogP contribution in [0.2, 0.25) is 0 Å². The lowest BCUT2D eigenvalue weighted by atomic mass is 10.7. The Balaban J connectivity index is 3.14. The molecule has 1 rings (SSSR count). The molecule has 0 fully saturated rings. The van der Waals surface area contributed by atoms with Gasteiger partial charge in [0, 0.05) is 7.05 Å². The van der Waals surface area contributed by atoms with Crippen LogP contribution in [0.15, 0.2) is 0 Å². The predicted octanol–water partition coefficient (Wildman–Crippen LogP) is 0.498. The van der Waals surface area contributed by atoms with Gasteiger partial charge in [0.15, 0.2) is 0 Å². The minimum atomic E-state index is -1.10. The van der Waals surface area contributed by atoms with Gasteiger partial charge in [-0.3, -0.25) is 4.68 Å². The smallest absolute Gasteiger partial charge is 0.260 e. The Morgan fingerprint density at radius 3 is 2.38 bits per heavy atom. The van der Waals surface area contributed by atoms with Gasteiger partial charge in [-0.2, -0.15) is 8.78 Å². The van der Waals surface area contributed by atoms with Gasteiger partial charge in [0.05, 0.1) is 0 Å². The van der Waals surface area contributed by atoms with E-state index in [1.54, 1.807) is 0 Å². The summed E-state index contributed by atoms with van der Waals surface area (Å²) in [6.07, 6.45) is 1.97. The molecule has 0 aliphatic heterocycles. The van der Waals surface area contributed by atoms with Crippen LogP contribution in [0, 0.1) is 18.0 Å². The highest BCUT2D eigenvalue weighted by Crippen LogP contribution is 1.97. The molecule has 1 aromatic rings. The van der Waals surface area contributed by atoms with Crippen molar-refractivity contribution in [2.24, 2.45) is 7.05 Å². The Morgan fingerprint density at radius 1 is 1.62 bits per heavy atom. The molecule has 4 heteroatoms. The van der Waals surface area contributed by atoms with Crippen molar-refractivity contribution in [2.75, 3.05) is 0 Å². The van der Waals surface area contributed by atoms with Crippen LogP contribution in [0.4, 0.5) is 8.78 Å². The first-order valence-corrected chi connectivity index (χ1v) is 1.97. The number of aromatic nitrogens is 2. The molecule has 8 heavy (non-hydrogen) atoms. The lowest BCUT2D eigenvalue weighted by Gasteiger charge is -1.76. The number of halogens is 2. The maximum absolute atomic E-state index is 11.8. The van der Waals surface area contributed by atoms with Gasteiger partial charge >= 0.3 is 0 Å². The average Bonchev–Trinajstić information content (AvgIpc) is 1.85. The molecule has 0 bridgehead atoms. The molecule has 43 valence electrons. The summed E-state index contributed by atoms with van der Waals surface area (Å²) in [5, 5.41) is 3.03. The van der Waals surface area contributed by atoms with Crippen molar-refractivity contribution in [1.82, 2.24) is 9.78 Å². The van der Waals surface area contributed by atoms with E-state index in [-0.39, 0.29) is 0 Å². The number of nitrogens with zero attached hydrogens (tertiary/aromatic N) is 2. The molecule has 1 aromatic heterocycles. The first-order valence-electron chi connectivity index (χ1n) is 1.97. The van der Waals surface area contributed by atoms with E-state index in [2.05, 4.69) is 5.10 Å². The van der Waals surface area contributed by atoms with Crippen LogP contribution in [-0.4, -0.2) is 9.78 Å². The fourth-order valence-electron chi connectivity index (χ4n) is 0.389. The Labute approximate surface area is 44.7 Å². The normalized spacial score (nSPS) is 9.88. The second kappa shape index (κ2) is 1.54. The second-order valence-corrected chi connectivity index (χ2v) is 1.34. The van der Waals surface area contributed by atoms with Gasteiger partial charge in [0.2, 0.25) is 5.82 Å². The molecule has 0 unspecified atom stereocenters. The molecular weight excluding hydrogens is 114 g/mol. The molecule has 0 aliphatic carbocycles. The van der Waals surface area contributed by atoms with Gasteiger partial charge in [-0.25, -0.2) is 0 Å². The lowest BCUT2D eigenvalue weighted by molar-refractivity contribution is 0.485. The standard InChI is InChI=1S/C4H3F2N2/c1-8-2-3(5)4(6)7-8/h1H3. The fourth-order valence-corrected chi connectivity index (χ4v) is 0.389. The zero-order chi connectivity index (χ0) is 6.15. The molecule has 0 aliphatic rings. The van der Waals surface area contributed by atoms with Crippen molar-refractivity contribution in [1.29, 1.82) is 0 Å². The minimum Gasteiger partial charge on any atom is -0.260 e. The van der Waals surface area contributed by atoms with E-state index in [0.717, 1.165) is 4.68 Å². The predicted molar refractivity (Wildman–Crippen MR) is 22.0 cm³/mol. The van der Waals surface area contributed by atoms with Crippen molar-refractivity contribution in [2.45, 2.75) is 0 Å². The zero-order valence-corrected chi connectivity index (χ0v) is 4.15. The van der Waals surface area contributed by atoms with E-state index in [0.29, 0.717) is 0 Å². The monoisotopic (exact) mass is 117 g/mol. The van der Waals surface area contributed by atoms with E-state index >= 15 is 0 Å². The van der Waals surface area contributed by atoms with Gasteiger partial charge in [0.25, 0.3) is 5.95 Å². The highest BCUT2D eigenvalue weighted by atomic mass is 19.2. The molecule has 0 atom stereocenters. The molecule has 0 amide bonds. The molecule has 2 nitrogen and oxygen atoms in total. The van der Waals surface area contributed by atoms with Gasteiger partial charge in [-0.15, -0.1) is 5.10 Å². The maximum atomic E-state index is 11.8. The maximum Gasteiger partial charge on any atom is 0.268 e. The Morgan fingerprint density at radius 2 is 2.25 bits per heavy atom. The van der Waals surface area contributed by atoms with Crippen LogP contribution in [0.25, 0.3) is 0 Å². The van der Waals surface area contributed by atoms with Crippen LogP contribution in [-0.2, 0) is 7.05 Å². The van der Waals surface area contributed by atoms with Crippen LogP contribution in [0.3, 0.4) is 0 Å². The van der Waals surface area contributed by atoms with Gasteiger partial charge < -0.3 is 0 Å². The van der Waals surface area contributed by atoms with E-state index < -0.39 is 11.8 Å². The molecule has 1 radical (unpaired) electrons. The highest BCUT2D eigenvalue weighted by Gasteiger charge is 2.03. The molecule has 1 heterocycles. The highest BCUT2D eigenvalue weighted by molar-refractivity contribution is 4.84. The largest absolute Gasteiger partial charge is 0.268 e. The first kappa shape index (κ1) is 5.21. The van der Waals surface area contributed by atoms with E-state index in [4.69, 9.17) is 0 Å². The van der Waals surface area contributed by atoms with Crippen molar-refractivity contribution >= 4 is 0 Å². The molecule has 0 spiro atoms. The number of hydrogen-bond donors (Lipinski definition) is 0. The lowest BCUT2D eigenvalue weighted by Crippen LogP contribution is -1.87. The van der Waals surface area contributed by atoms with Crippen molar-refractivity contribution < 1.29 is 8.78 Å². The third-order valence-corrected chi connectivity index (χ3v) is 0.679. The quantitative estimate of drug-likeness (QED) is 0.483. The fraction of sp³-hybridized carbons (Fsp3) is 0.250. The van der Waals surface area contributed by atoms with Crippen molar-refractivity contribution in [3.05, 3.63) is 18.0 Å². The number of hydrogen-bond acceptors (Lipinski definition) is 1. The molecule has 0 aromatic carbocycles. The summed E-state index contributed by atoms with van der Waals surface area (Å²) in [4.78, 5) is 0. The van der Waals surface area contributed by atoms with E-state index in [1.807, 2.05) is 6.20 Å². The van der Waals surface area contributed by atoms with Gasteiger partial charge in [-0.05, 0) is 0 Å². The summed E-state index contributed by atoms with van der Waals surface area (Å²) in [5.74, 6) is -2.14. The summed E-state index contributed by atoms with van der Waals surface area (Å²) in [6.45, 7) is 0. The number of rotatable bonds is 0. The summed E-state index contributed by atoms with van der Waals surface area (Å²) in [6, 6.07) is 0. The molecule has 0 N–H and O–H groups in total. The summed E-state index contributed by atoms with van der Waals surface area (Å²) >= 11 is 0. The first-order chi connectivity index (χ1) is 3.70. The third-order valence-electron chi connectivity index (χ3n) is 0.679. The van der Waals surface area contributed by atoms with Crippen LogP contribution in [0.5, 0.6) is 0 Å². The number of aryl methyl sites for hydroxylation is 1. The third kappa shape index (κ3) is 0.685. The Bertz CT molecular complexity index is 174. The SMILES string of the molecule is Cn1[c]c(F)c(F)n1. The molecule has 0 saturated carbocycles. The van der Waals surface area contributed by atoms with Gasteiger partial charge in [-0.1, -0.05) is 0 Å². The van der Waals surface area contributed by atoms with Gasteiger partial charge in [0.1, 0.15) is 6.20 Å². The zero-order valence-electron chi connectivity index (χ0n) is 4.15. The summed E-state index contributed by atoms with van der Waals surface area (Å²) < 4.78 is 24.6. The summed E-state index contributed by atoms with van der Waals surface area (Å²) in [7, 11) is 1.40. The molecular formula is C4H3F2N2. The van der Waals surface area contributed by atoms with Crippen LogP contribution in [0.1, 0.15) is 0 Å². The average molecular weight is 117 g/mol. The topological polar surface area (TPSA) is 17.8 Å². The Kier molecular flexibility index (Phi) is 1.00. The van der Waals surface area contributed by atoms with Crippen LogP contribution >= 0.6 is 0 Å². The Hall–Kier alpha value is -0.930. The second-order valence-electron chi connectivity index (χ2n) is 1.34. The van der Waals surface area contributed by atoms with Crippen molar-refractivity contribution in [3.8, 4) is 0 Å². The van der Waals surface area contributed by atoms with Crippen LogP contribution < -0.4 is 0 Å². The minimum absolute atomic E-state index is 0.949. The van der Waals surface area contributed by atoms with E-state index in [1.165, 1.54) is 7.05 Å². The van der Waals surface area contributed by atoms with E-state index in [9.17, 15) is 8.78 Å². The molecule has 0 saturated heterocycles.